The van der Waals surface area contributed by atoms with Gasteiger partial charge in [0, 0.05) is 32.4 Å². The lowest BCUT2D eigenvalue weighted by Crippen LogP contribution is -2.42. The number of piperidine rings is 1. The molecule has 2 aromatic rings. The molecule has 1 amide bonds. The minimum Gasteiger partial charge on any atom is -0.359 e. The molecule has 0 aliphatic carbocycles. The first kappa shape index (κ1) is 20.9. The Kier molecular flexibility index (Phi) is 5.33. The number of likely N-dealkylation sites (N-methyl/N-ethyl adjacent to an activating group) is 1. The molecule has 3 N–H and O–H groups in total. The van der Waals surface area contributed by atoms with Crippen molar-refractivity contribution < 1.29 is 4.79 Å². The van der Waals surface area contributed by atoms with Crippen molar-refractivity contribution >= 4 is 23.2 Å². The molecule has 0 radical (unpaired) electrons. The predicted octanol–water partition coefficient (Wildman–Crippen LogP) is 2.04. The van der Waals surface area contributed by atoms with Gasteiger partial charge in [0.05, 0.1) is 24.4 Å². The molecule has 168 valence electrons. The highest BCUT2D eigenvalue weighted by Crippen LogP contribution is 2.37. The molecule has 1 unspecified atom stereocenters. The predicted molar refractivity (Wildman–Crippen MR) is 126 cm³/mol. The van der Waals surface area contributed by atoms with E-state index in [2.05, 4.69) is 28.1 Å². The number of hydrogen-bond acceptors (Lipinski definition) is 7. The molecular weight excluding hydrogens is 402 g/mol. The summed E-state index contributed by atoms with van der Waals surface area (Å²) in [5, 5.41) is 2.80. The van der Waals surface area contributed by atoms with Gasteiger partial charge < -0.3 is 20.9 Å². The summed E-state index contributed by atoms with van der Waals surface area (Å²) in [6.45, 7) is 6.17. The second kappa shape index (κ2) is 8.16. The number of carbonyl (C=O) groups is 1. The number of amides is 1. The Balaban J connectivity index is 1.39. The van der Waals surface area contributed by atoms with E-state index >= 15 is 0 Å². The molecule has 0 saturated carbocycles. The van der Waals surface area contributed by atoms with Gasteiger partial charge in [-0.2, -0.15) is 0 Å². The van der Waals surface area contributed by atoms with Gasteiger partial charge in [-0.15, -0.1) is 0 Å². The number of aromatic nitrogens is 2. The van der Waals surface area contributed by atoms with E-state index in [1.54, 1.807) is 7.05 Å². The lowest BCUT2D eigenvalue weighted by Gasteiger charge is -2.39. The standard InChI is InChI=1S/C24H31N7O/c1-24(15-25)8-11-30(12-9-24)20-14-27-21-18(29-20)13-28-22(21)31-10-7-17(23(32)26-2)16-5-3-4-6-19(16)31/h3-6,14,17H,7-13,15,25H2,1-2H3,(H,26,32). The molecule has 3 aliphatic rings. The van der Waals surface area contributed by atoms with Gasteiger partial charge in [-0.05, 0) is 42.9 Å². The van der Waals surface area contributed by atoms with Gasteiger partial charge in [0.1, 0.15) is 11.5 Å². The molecule has 0 spiro atoms. The molecule has 1 aromatic carbocycles. The average molecular weight is 434 g/mol. The van der Waals surface area contributed by atoms with E-state index in [-0.39, 0.29) is 17.2 Å². The summed E-state index contributed by atoms with van der Waals surface area (Å²) < 4.78 is 0. The number of aliphatic imine (C=N–C) groups is 1. The van der Waals surface area contributed by atoms with E-state index in [0.29, 0.717) is 6.54 Å². The molecule has 32 heavy (non-hydrogen) atoms. The molecule has 8 heteroatoms. The monoisotopic (exact) mass is 433 g/mol. The van der Waals surface area contributed by atoms with Crippen LogP contribution in [-0.4, -0.2) is 54.9 Å². The summed E-state index contributed by atoms with van der Waals surface area (Å²) in [5.74, 6) is 1.71. The van der Waals surface area contributed by atoms with Crippen molar-refractivity contribution in [2.45, 2.75) is 38.6 Å². The first-order chi connectivity index (χ1) is 15.5. The van der Waals surface area contributed by atoms with Crippen molar-refractivity contribution in [3.8, 4) is 0 Å². The third-order valence-corrected chi connectivity index (χ3v) is 7.27. The Morgan fingerprint density at radius 2 is 2.03 bits per heavy atom. The second-order valence-corrected chi connectivity index (χ2v) is 9.33. The average Bonchev–Trinajstić information content (AvgIpc) is 3.26. The quantitative estimate of drug-likeness (QED) is 0.769. The molecule has 1 saturated heterocycles. The normalized spacial score (nSPS) is 21.6. The molecule has 0 bridgehead atoms. The highest BCUT2D eigenvalue weighted by atomic mass is 16.1. The zero-order valence-electron chi connectivity index (χ0n) is 18.8. The maximum Gasteiger partial charge on any atom is 0.227 e. The van der Waals surface area contributed by atoms with Crippen LogP contribution in [0.4, 0.5) is 11.5 Å². The van der Waals surface area contributed by atoms with Crippen molar-refractivity contribution in [2.24, 2.45) is 16.1 Å². The van der Waals surface area contributed by atoms with E-state index in [9.17, 15) is 4.79 Å². The number of nitrogens with zero attached hydrogens (tertiary/aromatic N) is 5. The van der Waals surface area contributed by atoms with Crippen LogP contribution in [0.2, 0.25) is 0 Å². The molecule has 3 aliphatic heterocycles. The summed E-state index contributed by atoms with van der Waals surface area (Å²) in [5.41, 5.74) is 10.0. The van der Waals surface area contributed by atoms with Crippen LogP contribution >= 0.6 is 0 Å². The Hall–Kier alpha value is -3.00. The minimum atomic E-state index is -0.138. The van der Waals surface area contributed by atoms with Crippen molar-refractivity contribution in [1.29, 1.82) is 0 Å². The van der Waals surface area contributed by atoms with Gasteiger partial charge in [0.25, 0.3) is 0 Å². The van der Waals surface area contributed by atoms with Crippen LogP contribution in [0.25, 0.3) is 0 Å². The number of hydrogen-bond donors (Lipinski definition) is 2. The first-order valence-corrected chi connectivity index (χ1v) is 11.5. The number of rotatable bonds is 3. The number of carbonyl (C=O) groups excluding carboxylic acids is 1. The van der Waals surface area contributed by atoms with E-state index in [4.69, 9.17) is 20.7 Å². The van der Waals surface area contributed by atoms with Gasteiger partial charge in [-0.3, -0.25) is 9.79 Å². The van der Waals surface area contributed by atoms with Crippen molar-refractivity contribution in [2.75, 3.05) is 43.0 Å². The maximum absolute atomic E-state index is 12.4. The highest BCUT2D eigenvalue weighted by molar-refractivity contribution is 6.11. The maximum atomic E-state index is 12.4. The largest absolute Gasteiger partial charge is 0.359 e. The molecule has 1 atom stereocenters. The van der Waals surface area contributed by atoms with Crippen LogP contribution in [0.15, 0.2) is 35.5 Å². The van der Waals surface area contributed by atoms with Gasteiger partial charge in [0.15, 0.2) is 5.84 Å². The van der Waals surface area contributed by atoms with Gasteiger partial charge in [0.2, 0.25) is 5.91 Å². The van der Waals surface area contributed by atoms with E-state index < -0.39 is 0 Å². The number of benzene rings is 1. The van der Waals surface area contributed by atoms with Crippen LogP contribution in [0.5, 0.6) is 0 Å². The molecule has 1 aromatic heterocycles. The lowest BCUT2D eigenvalue weighted by atomic mass is 9.80. The third kappa shape index (κ3) is 3.52. The number of nitrogens with one attached hydrogen (secondary N) is 1. The summed E-state index contributed by atoms with van der Waals surface area (Å²) in [6.07, 6.45) is 4.76. The molecule has 4 heterocycles. The summed E-state index contributed by atoms with van der Waals surface area (Å²) in [6, 6.07) is 8.10. The number of nitrogens with two attached hydrogens (primary N) is 1. The molecular formula is C24H31N7O. The summed E-state index contributed by atoms with van der Waals surface area (Å²) in [4.78, 5) is 31.5. The van der Waals surface area contributed by atoms with E-state index in [1.807, 2.05) is 24.4 Å². The highest BCUT2D eigenvalue weighted by Gasteiger charge is 2.35. The topological polar surface area (TPSA) is 99.7 Å². The Morgan fingerprint density at radius 3 is 2.78 bits per heavy atom. The van der Waals surface area contributed by atoms with Crippen LogP contribution in [-0.2, 0) is 11.3 Å². The van der Waals surface area contributed by atoms with Crippen LogP contribution in [0.3, 0.4) is 0 Å². The zero-order chi connectivity index (χ0) is 22.3. The summed E-state index contributed by atoms with van der Waals surface area (Å²) in [7, 11) is 1.70. The Labute approximate surface area is 188 Å². The Morgan fingerprint density at radius 1 is 1.25 bits per heavy atom. The summed E-state index contributed by atoms with van der Waals surface area (Å²) >= 11 is 0. The van der Waals surface area contributed by atoms with Crippen LogP contribution < -0.4 is 20.9 Å². The van der Waals surface area contributed by atoms with Gasteiger partial charge in [-0.1, -0.05) is 25.1 Å². The second-order valence-electron chi connectivity index (χ2n) is 9.33. The van der Waals surface area contributed by atoms with E-state index in [1.165, 1.54) is 0 Å². The Bertz CT molecular complexity index is 1060. The SMILES string of the molecule is CNC(=O)C1CCN(C2=NCc3nc(N4CCC(C)(CN)CC4)cnc32)c2ccccc21. The number of anilines is 2. The molecule has 5 rings (SSSR count). The van der Waals surface area contributed by atoms with Crippen molar-refractivity contribution in [3.63, 3.8) is 0 Å². The lowest BCUT2D eigenvalue weighted by molar-refractivity contribution is -0.122. The van der Waals surface area contributed by atoms with Gasteiger partial charge in [-0.25, -0.2) is 9.97 Å². The van der Waals surface area contributed by atoms with Crippen LogP contribution in [0, 0.1) is 5.41 Å². The zero-order valence-corrected chi connectivity index (χ0v) is 18.8. The number of amidine groups is 1. The van der Waals surface area contributed by atoms with Gasteiger partial charge >= 0.3 is 0 Å². The molecule has 1 fully saturated rings. The fraction of sp³-hybridized carbons (Fsp3) is 0.500. The number of fused-ring (bicyclic) bond motifs is 2. The van der Waals surface area contributed by atoms with E-state index in [0.717, 1.165) is 79.7 Å². The fourth-order valence-electron chi connectivity index (χ4n) is 5.01. The van der Waals surface area contributed by atoms with Crippen molar-refractivity contribution in [3.05, 3.63) is 47.4 Å². The van der Waals surface area contributed by atoms with Crippen LogP contribution in [0.1, 0.15) is 49.1 Å². The molecule has 8 nitrogen and oxygen atoms in total. The smallest absolute Gasteiger partial charge is 0.227 e. The number of para-hydroxylation sites is 1. The van der Waals surface area contributed by atoms with Crippen molar-refractivity contribution in [1.82, 2.24) is 15.3 Å². The minimum absolute atomic E-state index is 0.0579. The fourth-order valence-corrected chi connectivity index (χ4v) is 5.01. The third-order valence-electron chi connectivity index (χ3n) is 7.27. The first-order valence-electron chi connectivity index (χ1n) is 11.5.